The largest absolute Gasteiger partial charge is 0.473 e. The monoisotopic (exact) mass is 322 g/mol. The Morgan fingerprint density at radius 1 is 1.08 bits per heavy atom. The lowest BCUT2D eigenvalue weighted by atomic mass is 10.1. The van der Waals surface area contributed by atoms with Crippen LogP contribution in [-0.4, -0.2) is 12.6 Å². The van der Waals surface area contributed by atoms with Gasteiger partial charge < -0.3 is 4.74 Å². The molecule has 0 atom stereocenters. The Labute approximate surface area is 142 Å². The van der Waals surface area contributed by atoms with Gasteiger partial charge in [0.05, 0.1) is 0 Å². The van der Waals surface area contributed by atoms with E-state index >= 15 is 0 Å². The number of benzene rings is 2. The van der Waals surface area contributed by atoms with E-state index in [0.29, 0.717) is 24.6 Å². The van der Waals surface area contributed by atoms with Gasteiger partial charge in [-0.1, -0.05) is 67.6 Å². The van der Waals surface area contributed by atoms with Gasteiger partial charge in [-0.25, -0.2) is 0 Å². The molecule has 0 saturated carbocycles. The number of ether oxygens (including phenoxy) is 1. The molecule has 0 bridgehead atoms. The van der Waals surface area contributed by atoms with Crippen molar-refractivity contribution in [3.05, 3.63) is 77.7 Å². The van der Waals surface area contributed by atoms with Crippen LogP contribution in [0.1, 0.15) is 30.9 Å². The van der Waals surface area contributed by atoms with Gasteiger partial charge in [-0.05, 0) is 18.7 Å². The van der Waals surface area contributed by atoms with E-state index in [0.717, 1.165) is 17.5 Å². The Morgan fingerprint density at radius 3 is 2.29 bits per heavy atom. The smallest absolute Gasteiger partial charge is 0.226 e. The Kier molecular flexibility index (Phi) is 6.77. The van der Waals surface area contributed by atoms with Crippen LogP contribution in [0, 0.1) is 0 Å². The molecule has 4 nitrogen and oxygen atoms in total. The second kappa shape index (κ2) is 9.30. The molecule has 24 heavy (non-hydrogen) atoms. The summed E-state index contributed by atoms with van der Waals surface area (Å²) in [5.74, 6) is 0.233. The van der Waals surface area contributed by atoms with E-state index in [-0.39, 0.29) is 5.91 Å². The van der Waals surface area contributed by atoms with E-state index in [9.17, 15) is 4.79 Å². The SMILES string of the molecule is C=N/C(=C(/NC(=O)CCC)OCc1ccccc1)c1ccccc1. The van der Waals surface area contributed by atoms with Crippen LogP contribution in [-0.2, 0) is 16.1 Å². The molecule has 2 aromatic rings. The second-order valence-electron chi connectivity index (χ2n) is 5.27. The van der Waals surface area contributed by atoms with Gasteiger partial charge in [0.15, 0.2) is 0 Å². The van der Waals surface area contributed by atoms with E-state index in [1.165, 1.54) is 0 Å². The van der Waals surface area contributed by atoms with Crippen LogP contribution in [0.4, 0.5) is 0 Å². The molecule has 0 spiro atoms. The number of hydrogen-bond acceptors (Lipinski definition) is 3. The van der Waals surface area contributed by atoms with Gasteiger partial charge in [-0.3, -0.25) is 15.1 Å². The zero-order chi connectivity index (χ0) is 17.2. The van der Waals surface area contributed by atoms with E-state index in [4.69, 9.17) is 4.74 Å². The van der Waals surface area contributed by atoms with Crippen molar-refractivity contribution in [1.29, 1.82) is 0 Å². The fourth-order valence-corrected chi connectivity index (χ4v) is 2.20. The quantitative estimate of drug-likeness (QED) is 0.586. The summed E-state index contributed by atoms with van der Waals surface area (Å²) in [7, 11) is 0. The Hall–Kier alpha value is -2.88. The van der Waals surface area contributed by atoms with Crippen molar-refractivity contribution in [3.8, 4) is 0 Å². The summed E-state index contributed by atoms with van der Waals surface area (Å²) >= 11 is 0. The third kappa shape index (κ3) is 5.09. The van der Waals surface area contributed by atoms with Crippen molar-refractivity contribution in [3.63, 3.8) is 0 Å². The predicted octanol–water partition coefficient (Wildman–Crippen LogP) is 4.15. The van der Waals surface area contributed by atoms with Gasteiger partial charge in [0.2, 0.25) is 11.8 Å². The molecule has 2 aromatic carbocycles. The zero-order valence-electron chi connectivity index (χ0n) is 13.9. The minimum atomic E-state index is -0.0994. The summed E-state index contributed by atoms with van der Waals surface area (Å²) in [6.07, 6.45) is 1.19. The maximum absolute atomic E-state index is 12.0. The van der Waals surface area contributed by atoms with Gasteiger partial charge in [0.25, 0.3) is 0 Å². The van der Waals surface area contributed by atoms with Gasteiger partial charge in [0.1, 0.15) is 12.3 Å². The molecule has 0 saturated heterocycles. The third-order valence-corrected chi connectivity index (χ3v) is 3.38. The summed E-state index contributed by atoms with van der Waals surface area (Å²) < 4.78 is 5.87. The average Bonchev–Trinajstić information content (AvgIpc) is 2.62. The summed E-state index contributed by atoms with van der Waals surface area (Å²) in [5, 5.41) is 2.82. The first-order valence-electron chi connectivity index (χ1n) is 7.97. The first kappa shape index (κ1) is 17.5. The standard InChI is InChI=1S/C20H22N2O2/c1-3-10-18(23)22-20(24-15-16-11-6-4-7-12-16)19(21-2)17-13-8-5-9-14-17/h4-9,11-14H,2-3,10,15H2,1H3,(H,22,23)/b20-19-. The number of nitrogens with zero attached hydrogens (tertiary/aromatic N) is 1. The normalized spacial score (nSPS) is 11.4. The highest BCUT2D eigenvalue weighted by molar-refractivity contribution is 5.80. The van der Waals surface area contributed by atoms with Gasteiger partial charge in [-0.15, -0.1) is 0 Å². The number of nitrogens with one attached hydrogen (secondary N) is 1. The topological polar surface area (TPSA) is 50.7 Å². The molecule has 0 aliphatic heterocycles. The summed E-state index contributed by atoms with van der Waals surface area (Å²) in [6, 6.07) is 19.3. The molecule has 0 heterocycles. The first-order valence-corrected chi connectivity index (χ1v) is 7.97. The van der Waals surface area contributed by atoms with Crippen LogP contribution in [0.2, 0.25) is 0 Å². The number of hydrogen-bond donors (Lipinski definition) is 1. The summed E-state index contributed by atoms with van der Waals surface area (Å²) in [6.45, 7) is 5.93. The molecule has 0 radical (unpaired) electrons. The first-order chi connectivity index (χ1) is 11.7. The molecule has 0 unspecified atom stereocenters. The van der Waals surface area contributed by atoms with Crippen molar-refractivity contribution >= 4 is 18.3 Å². The summed E-state index contributed by atoms with van der Waals surface area (Å²) in [5.41, 5.74) is 2.37. The van der Waals surface area contributed by atoms with Crippen molar-refractivity contribution < 1.29 is 9.53 Å². The van der Waals surface area contributed by atoms with E-state index in [1.54, 1.807) is 0 Å². The number of amides is 1. The highest BCUT2D eigenvalue weighted by Crippen LogP contribution is 2.20. The molecule has 124 valence electrons. The molecule has 0 fully saturated rings. The second-order valence-corrected chi connectivity index (χ2v) is 5.27. The molecule has 1 N–H and O–H groups in total. The highest BCUT2D eigenvalue weighted by atomic mass is 16.5. The maximum atomic E-state index is 12.0. The Morgan fingerprint density at radius 2 is 1.71 bits per heavy atom. The lowest BCUT2D eigenvalue weighted by Crippen LogP contribution is -2.25. The number of carbonyl (C=O) groups is 1. The van der Waals surface area contributed by atoms with Gasteiger partial charge in [-0.2, -0.15) is 0 Å². The Balaban J connectivity index is 2.28. The lowest BCUT2D eigenvalue weighted by molar-refractivity contribution is -0.121. The predicted molar refractivity (Wildman–Crippen MR) is 97.2 cm³/mol. The van der Waals surface area contributed by atoms with Crippen molar-refractivity contribution in [2.24, 2.45) is 4.99 Å². The number of aliphatic imine (C=N–C) groups is 1. The molecule has 0 aliphatic carbocycles. The minimum absolute atomic E-state index is 0.0994. The number of carbonyl (C=O) groups excluding carboxylic acids is 1. The molecule has 2 rings (SSSR count). The van der Waals surface area contributed by atoms with Crippen LogP contribution in [0.25, 0.3) is 5.70 Å². The molecule has 0 aromatic heterocycles. The van der Waals surface area contributed by atoms with Gasteiger partial charge in [0, 0.05) is 12.0 Å². The molecule has 1 amide bonds. The zero-order valence-corrected chi connectivity index (χ0v) is 13.9. The minimum Gasteiger partial charge on any atom is -0.473 e. The van der Waals surface area contributed by atoms with Gasteiger partial charge >= 0.3 is 0 Å². The average molecular weight is 322 g/mol. The molecule has 0 aliphatic rings. The van der Waals surface area contributed by atoms with Crippen LogP contribution in [0.3, 0.4) is 0 Å². The Bertz CT molecular complexity index is 694. The maximum Gasteiger partial charge on any atom is 0.226 e. The van der Waals surface area contributed by atoms with Crippen LogP contribution in [0.5, 0.6) is 0 Å². The molecular formula is C20H22N2O2. The third-order valence-electron chi connectivity index (χ3n) is 3.38. The van der Waals surface area contributed by atoms with E-state index in [2.05, 4.69) is 17.0 Å². The van der Waals surface area contributed by atoms with Crippen LogP contribution in [0.15, 0.2) is 71.5 Å². The number of rotatable bonds is 8. The van der Waals surface area contributed by atoms with Crippen molar-refractivity contribution in [2.45, 2.75) is 26.4 Å². The van der Waals surface area contributed by atoms with Crippen LogP contribution < -0.4 is 5.32 Å². The molecular weight excluding hydrogens is 300 g/mol. The lowest BCUT2D eigenvalue weighted by Gasteiger charge is -2.15. The van der Waals surface area contributed by atoms with Crippen LogP contribution >= 0.6 is 0 Å². The molecule has 4 heteroatoms. The fraction of sp³-hybridized carbons (Fsp3) is 0.200. The van der Waals surface area contributed by atoms with Crippen molar-refractivity contribution in [2.75, 3.05) is 0 Å². The highest BCUT2D eigenvalue weighted by Gasteiger charge is 2.13. The summed E-state index contributed by atoms with van der Waals surface area (Å²) in [4.78, 5) is 16.1. The van der Waals surface area contributed by atoms with E-state index in [1.807, 2.05) is 67.6 Å². The fourth-order valence-electron chi connectivity index (χ4n) is 2.20. The van der Waals surface area contributed by atoms with Crippen molar-refractivity contribution in [1.82, 2.24) is 5.32 Å². The van der Waals surface area contributed by atoms with E-state index < -0.39 is 0 Å².